The lowest BCUT2D eigenvalue weighted by atomic mass is 10.1. The molecule has 1 amide bonds. The highest BCUT2D eigenvalue weighted by Crippen LogP contribution is 2.13. The molecule has 0 spiro atoms. The standard InChI is InChI=1S/C19H26N4O2/c1-3-4-5-10-21-19(24)17-13-18(23-14-22-17)20-11-9-15-7-6-8-16(12-15)25-2/h6-8,12-14H,3-5,9-11H2,1-2H3,(H,21,24)(H,20,22,23). The number of hydrogen-bond acceptors (Lipinski definition) is 5. The first-order chi connectivity index (χ1) is 12.2. The van der Waals surface area contributed by atoms with Gasteiger partial charge in [-0.15, -0.1) is 0 Å². The number of hydrogen-bond donors (Lipinski definition) is 2. The SMILES string of the molecule is CCCCCNC(=O)c1cc(NCCc2cccc(OC)c2)ncn1. The van der Waals surface area contributed by atoms with Crippen LogP contribution in [0.25, 0.3) is 0 Å². The molecule has 0 unspecified atom stereocenters. The summed E-state index contributed by atoms with van der Waals surface area (Å²) in [6.45, 7) is 3.52. The number of rotatable bonds is 10. The van der Waals surface area contributed by atoms with E-state index in [4.69, 9.17) is 4.74 Å². The average molecular weight is 342 g/mol. The van der Waals surface area contributed by atoms with Crippen molar-refractivity contribution in [2.75, 3.05) is 25.5 Å². The minimum Gasteiger partial charge on any atom is -0.497 e. The topological polar surface area (TPSA) is 76.1 Å². The van der Waals surface area contributed by atoms with Gasteiger partial charge in [-0.3, -0.25) is 4.79 Å². The number of amides is 1. The van der Waals surface area contributed by atoms with Crippen LogP contribution >= 0.6 is 0 Å². The molecule has 134 valence electrons. The molecule has 1 aromatic heterocycles. The Morgan fingerprint density at radius 1 is 1.16 bits per heavy atom. The Kier molecular flexibility index (Phi) is 7.69. The number of anilines is 1. The third kappa shape index (κ3) is 6.41. The van der Waals surface area contributed by atoms with E-state index in [1.54, 1.807) is 13.2 Å². The van der Waals surface area contributed by atoms with E-state index >= 15 is 0 Å². The summed E-state index contributed by atoms with van der Waals surface area (Å²) in [5.74, 6) is 1.34. The zero-order valence-electron chi connectivity index (χ0n) is 14.9. The number of carbonyl (C=O) groups is 1. The van der Waals surface area contributed by atoms with Gasteiger partial charge in [-0.25, -0.2) is 9.97 Å². The fraction of sp³-hybridized carbons (Fsp3) is 0.421. The van der Waals surface area contributed by atoms with E-state index in [1.165, 1.54) is 11.9 Å². The molecule has 0 radical (unpaired) electrons. The van der Waals surface area contributed by atoms with Gasteiger partial charge in [0, 0.05) is 19.2 Å². The van der Waals surface area contributed by atoms with Crippen molar-refractivity contribution in [2.24, 2.45) is 0 Å². The third-order valence-electron chi connectivity index (χ3n) is 3.82. The molecule has 2 rings (SSSR count). The van der Waals surface area contributed by atoms with Crippen molar-refractivity contribution in [1.29, 1.82) is 0 Å². The smallest absolute Gasteiger partial charge is 0.270 e. The second-order valence-corrected chi connectivity index (χ2v) is 5.78. The van der Waals surface area contributed by atoms with E-state index in [2.05, 4.69) is 33.6 Å². The zero-order chi connectivity index (χ0) is 17.9. The van der Waals surface area contributed by atoms with Gasteiger partial charge in [0.2, 0.25) is 0 Å². The summed E-state index contributed by atoms with van der Waals surface area (Å²) in [6, 6.07) is 9.64. The van der Waals surface area contributed by atoms with E-state index in [1.807, 2.05) is 18.2 Å². The van der Waals surface area contributed by atoms with Crippen LogP contribution in [0.4, 0.5) is 5.82 Å². The molecule has 2 N–H and O–H groups in total. The molecule has 6 heteroatoms. The lowest BCUT2D eigenvalue weighted by Gasteiger charge is -2.08. The number of ether oxygens (including phenoxy) is 1. The van der Waals surface area contributed by atoms with Crippen molar-refractivity contribution in [2.45, 2.75) is 32.6 Å². The van der Waals surface area contributed by atoms with E-state index in [0.717, 1.165) is 31.4 Å². The number of aromatic nitrogens is 2. The van der Waals surface area contributed by atoms with Gasteiger partial charge in [0.25, 0.3) is 5.91 Å². The monoisotopic (exact) mass is 342 g/mol. The summed E-state index contributed by atoms with van der Waals surface area (Å²) >= 11 is 0. The molecular weight excluding hydrogens is 316 g/mol. The molecule has 1 heterocycles. The van der Waals surface area contributed by atoms with Crippen molar-refractivity contribution in [3.63, 3.8) is 0 Å². The fourth-order valence-electron chi connectivity index (χ4n) is 2.41. The molecule has 0 aliphatic heterocycles. The Morgan fingerprint density at radius 3 is 2.84 bits per heavy atom. The Hall–Kier alpha value is -2.63. The minimum absolute atomic E-state index is 0.158. The number of nitrogens with one attached hydrogen (secondary N) is 2. The van der Waals surface area contributed by atoms with Gasteiger partial charge in [-0.2, -0.15) is 0 Å². The van der Waals surface area contributed by atoms with Gasteiger partial charge >= 0.3 is 0 Å². The lowest BCUT2D eigenvalue weighted by Crippen LogP contribution is -2.25. The molecule has 0 fully saturated rings. The van der Waals surface area contributed by atoms with Crippen LogP contribution in [0.15, 0.2) is 36.7 Å². The average Bonchev–Trinajstić information content (AvgIpc) is 2.65. The van der Waals surface area contributed by atoms with Crippen LogP contribution in [-0.2, 0) is 6.42 Å². The quantitative estimate of drug-likeness (QED) is 0.649. The van der Waals surface area contributed by atoms with E-state index in [-0.39, 0.29) is 5.91 Å². The van der Waals surface area contributed by atoms with Gasteiger partial charge in [-0.05, 0) is 30.5 Å². The highest BCUT2D eigenvalue weighted by molar-refractivity contribution is 5.92. The minimum atomic E-state index is -0.158. The molecule has 6 nitrogen and oxygen atoms in total. The Labute approximate surface area is 149 Å². The van der Waals surface area contributed by atoms with Crippen LogP contribution in [0.3, 0.4) is 0 Å². The number of unbranched alkanes of at least 4 members (excludes halogenated alkanes) is 2. The number of carbonyl (C=O) groups excluding carboxylic acids is 1. The van der Waals surface area contributed by atoms with Crippen molar-refractivity contribution in [3.05, 3.63) is 47.9 Å². The van der Waals surface area contributed by atoms with Gasteiger partial charge in [0.1, 0.15) is 23.6 Å². The van der Waals surface area contributed by atoms with E-state index in [9.17, 15) is 4.79 Å². The molecule has 0 saturated heterocycles. The van der Waals surface area contributed by atoms with Crippen LogP contribution in [-0.4, -0.2) is 36.1 Å². The van der Waals surface area contributed by atoms with Gasteiger partial charge < -0.3 is 15.4 Å². The molecule has 0 saturated carbocycles. The summed E-state index contributed by atoms with van der Waals surface area (Å²) < 4.78 is 5.22. The van der Waals surface area contributed by atoms with Crippen LogP contribution in [0.2, 0.25) is 0 Å². The highest BCUT2D eigenvalue weighted by Gasteiger charge is 2.08. The van der Waals surface area contributed by atoms with E-state index < -0.39 is 0 Å². The number of nitrogens with zero attached hydrogens (tertiary/aromatic N) is 2. The van der Waals surface area contributed by atoms with Crippen LogP contribution in [0.1, 0.15) is 42.2 Å². The van der Waals surface area contributed by atoms with Crippen LogP contribution < -0.4 is 15.4 Å². The molecule has 2 aromatic rings. The summed E-state index contributed by atoms with van der Waals surface area (Å²) in [5, 5.41) is 6.12. The van der Waals surface area contributed by atoms with Crippen LogP contribution in [0.5, 0.6) is 5.75 Å². The molecule has 1 aromatic carbocycles. The molecule has 0 atom stereocenters. The zero-order valence-corrected chi connectivity index (χ0v) is 14.9. The van der Waals surface area contributed by atoms with Gasteiger partial charge in [0.15, 0.2) is 0 Å². The number of methoxy groups -OCH3 is 1. The summed E-state index contributed by atoms with van der Waals surface area (Å²) in [5.41, 5.74) is 1.56. The summed E-state index contributed by atoms with van der Waals surface area (Å²) in [4.78, 5) is 20.3. The third-order valence-corrected chi connectivity index (χ3v) is 3.82. The normalized spacial score (nSPS) is 10.3. The Morgan fingerprint density at radius 2 is 2.04 bits per heavy atom. The second-order valence-electron chi connectivity index (χ2n) is 5.78. The van der Waals surface area contributed by atoms with E-state index in [0.29, 0.717) is 24.6 Å². The van der Waals surface area contributed by atoms with Crippen molar-refractivity contribution < 1.29 is 9.53 Å². The maximum Gasteiger partial charge on any atom is 0.270 e. The fourth-order valence-corrected chi connectivity index (χ4v) is 2.41. The predicted octanol–water partition coefficient (Wildman–Crippen LogP) is 3.06. The van der Waals surface area contributed by atoms with Crippen molar-refractivity contribution in [3.8, 4) is 5.75 Å². The van der Waals surface area contributed by atoms with Crippen molar-refractivity contribution >= 4 is 11.7 Å². The highest BCUT2D eigenvalue weighted by atomic mass is 16.5. The molecule has 0 aliphatic rings. The first kappa shape index (κ1) is 18.7. The summed E-state index contributed by atoms with van der Waals surface area (Å²) in [6.07, 6.45) is 5.47. The molecular formula is C19H26N4O2. The summed E-state index contributed by atoms with van der Waals surface area (Å²) in [7, 11) is 1.66. The number of benzene rings is 1. The Bertz CT molecular complexity index is 676. The maximum absolute atomic E-state index is 12.1. The largest absolute Gasteiger partial charge is 0.497 e. The first-order valence-corrected chi connectivity index (χ1v) is 8.70. The Balaban J connectivity index is 1.83. The van der Waals surface area contributed by atoms with Crippen LogP contribution in [0, 0.1) is 0 Å². The second kappa shape index (κ2) is 10.3. The van der Waals surface area contributed by atoms with Crippen molar-refractivity contribution in [1.82, 2.24) is 15.3 Å². The molecule has 25 heavy (non-hydrogen) atoms. The maximum atomic E-state index is 12.1. The molecule has 0 bridgehead atoms. The predicted molar refractivity (Wildman–Crippen MR) is 99.1 cm³/mol. The lowest BCUT2D eigenvalue weighted by molar-refractivity contribution is 0.0948. The van der Waals surface area contributed by atoms with Gasteiger partial charge in [0.05, 0.1) is 7.11 Å². The first-order valence-electron chi connectivity index (χ1n) is 8.70. The van der Waals surface area contributed by atoms with Gasteiger partial charge in [-0.1, -0.05) is 31.9 Å². The molecule has 0 aliphatic carbocycles.